The molecular formula is C17H15FN2OS. The van der Waals surface area contributed by atoms with Crippen LogP contribution in [0.1, 0.15) is 5.56 Å². The number of hydrogen-bond acceptors (Lipinski definition) is 3. The first-order valence-corrected chi connectivity index (χ1v) is 7.80. The Morgan fingerprint density at radius 1 is 1.18 bits per heavy atom. The maximum absolute atomic E-state index is 13.2. The highest BCUT2D eigenvalue weighted by Gasteiger charge is 2.07. The summed E-state index contributed by atoms with van der Waals surface area (Å²) in [6.45, 7) is 0. The first-order chi connectivity index (χ1) is 10.8. The van der Waals surface area contributed by atoms with Gasteiger partial charge in [-0.05, 0) is 29.8 Å². The number of imidazole rings is 1. The highest BCUT2D eigenvalue weighted by Crippen LogP contribution is 2.25. The van der Waals surface area contributed by atoms with Crippen molar-refractivity contribution < 1.29 is 9.13 Å². The minimum atomic E-state index is -0.214. The summed E-state index contributed by atoms with van der Waals surface area (Å²) in [5, 5.41) is 0.859. The van der Waals surface area contributed by atoms with Crippen LogP contribution in [0.3, 0.4) is 0 Å². The molecule has 3 aromatic rings. The number of thioether (sulfide) groups is 1. The third-order valence-electron chi connectivity index (χ3n) is 3.20. The summed E-state index contributed by atoms with van der Waals surface area (Å²) in [6, 6.07) is 14.4. The Labute approximate surface area is 132 Å². The second-order valence-electron chi connectivity index (χ2n) is 4.70. The second-order valence-corrected chi connectivity index (χ2v) is 5.64. The summed E-state index contributed by atoms with van der Waals surface area (Å²) in [4.78, 5) is 4.38. The standard InChI is InChI=1S/C17H15FN2OS/c1-21-16-7-3-6-15(11-16)20-9-8-19-17(20)22-12-13-4-2-5-14(18)10-13/h2-11H,12H2,1H3. The lowest BCUT2D eigenvalue weighted by Gasteiger charge is -2.09. The molecule has 1 aromatic heterocycles. The third-order valence-corrected chi connectivity index (χ3v) is 4.23. The molecule has 0 bridgehead atoms. The highest BCUT2D eigenvalue weighted by molar-refractivity contribution is 7.98. The van der Waals surface area contributed by atoms with E-state index in [2.05, 4.69) is 4.98 Å². The van der Waals surface area contributed by atoms with Gasteiger partial charge < -0.3 is 4.74 Å². The predicted octanol–water partition coefficient (Wildman–Crippen LogP) is 4.31. The molecule has 0 amide bonds. The lowest BCUT2D eigenvalue weighted by molar-refractivity contribution is 0.414. The average Bonchev–Trinajstić information content (AvgIpc) is 3.01. The van der Waals surface area contributed by atoms with Gasteiger partial charge in [0.1, 0.15) is 11.6 Å². The quantitative estimate of drug-likeness (QED) is 0.657. The van der Waals surface area contributed by atoms with Crippen LogP contribution in [0.4, 0.5) is 4.39 Å². The Morgan fingerprint density at radius 3 is 2.86 bits per heavy atom. The number of methoxy groups -OCH3 is 1. The van der Waals surface area contributed by atoms with Gasteiger partial charge >= 0.3 is 0 Å². The van der Waals surface area contributed by atoms with Crippen molar-refractivity contribution in [2.75, 3.05) is 7.11 Å². The van der Waals surface area contributed by atoms with E-state index in [1.54, 1.807) is 37.2 Å². The number of ether oxygens (including phenoxy) is 1. The van der Waals surface area contributed by atoms with Crippen molar-refractivity contribution in [3.05, 3.63) is 72.3 Å². The van der Waals surface area contributed by atoms with Gasteiger partial charge in [-0.2, -0.15) is 0 Å². The van der Waals surface area contributed by atoms with Crippen molar-refractivity contribution >= 4 is 11.8 Å². The molecule has 0 N–H and O–H groups in total. The molecule has 0 aliphatic carbocycles. The van der Waals surface area contributed by atoms with Gasteiger partial charge in [0.05, 0.1) is 12.8 Å². The summed E-state index contributed by atoms with van der Waals surface area (Å²) < 4.78 is 20.5. The molecule has 2 aromatic carbocycles. The zero-order valence-electron chi connectivity index (χ0n) is 12.1. The van der Waals surface area contributed by atoms with E-state index in [4.69, 9.17) is 4.74 Å². The lowest BCUT2D eigenvalue weighted by atomic mass is 10.2. The van der Waals surface area contributed by atoms with Crippen LogP contribution in [0, 0.1) is 5.82 Å². The van der Waals surface area contributed by atoms with Crippen LogP contribution in [0.25, 0.3) is 5.69 Å². The van der Waals surface area contributed by atoms with Crippen LogP contribution in [-0.2, 0) is 5.75 Å². The van der Waals surface area contributed by atoms with Crippen molar-refractivity contribution in [1.82, 2.24) is 9.55 Å². The number of hydrogen-bond donors (Lipinski definition) is 0. The monoisotopic (exact) mass is 314 g/mol. The fraction of sp³-hybridized carbons (Fsp3) is 0.118. The van der Waals surface area contributed by atoms with Crippen LogP contribution in [0.2, 0.25) is 0 Å². The van der Waals surface area contributed by atoms with E-state index < -0.39 is 0 Å². The van der Waals surface area contributed by atoms with Gasteiger partial charge in [-0.3, -0.25) is 4.57 Å². The Balaban J connectivity index is 1.80. The van der Waals surface area contributed by atoms with Gasteiger partial charge in [0, 0.05) is 24.2 Å². The average molecular weight is 314 g/mol. The molecule has 0 atom stereocenters. The SMILES string of the molecule is COc1cccc(-n2ccnc2SCc2cccc(F)c2)c1. The van der Waals surface area contributed by atoms with Crippen LogP contribution in [0.5, 0.6) is 5.75 Å². The summed E-state index contributed by atoms with van der Waals surface area (Å²) >= 11 is 1.57. The van der Waals surface area contributed by atoms with Gasteiger partial charge in [-0.1, -0.05) is 30.0 Å². The molecule has 0 unspecified atom stereocenters. The van der Waals surface area contributed by atoms with E-state index in [1.165, 1.54) is 6.07 Å². The Hall–Kier alpha value is -2.27. The normalized spacial score (nSPS) is 10.6. The van der Waals surface area contributed by atoms with Crippen LogP contribution < -0.4 is 4.74 Å². The van der Waals surface area contributed by atoms with Gasteiger partial charge in [0.2, 0.25) is 0 Å². The van der Waals surface area contributed by atoms with E-state index in [0.717, 1.165) is 22.2 Å². The molecule has 0 saturated heterocycles. The Bertz CT molecular complexity index is 773. The van der Waals surface area contributed by atoms with E-state index >= 15 is 0 Å². The predicted molar refractivity (Wildman–Crippen MR) is 86.1 cm³/mol. The van der Waals surface area contributed by atoms with Gasteiger partial charge in [0.25, 0.3) is 0 Å². The van der Waals surface area contributed by atoms with Gasteiger partial charge in [0.15, 0.2) is 5.16 Å². The molecule has 0 saturated carbocycles. The van der Waals surface area contributed by atoms with Crippen molar-refractivity contribution in [2.45, 2.75) is 10.9 Å². The third kappa shape index (κ3) is 3.31. The summed E-state index contributed by atoms with van der Waals surface area (Å²) in [6.07, 6.45) is 3.66. The summed E-state index contributed by atoms with van der Waals surface area (Å²) in [7, 11) is 1.65. The van der Waals surface area contributed by atoms with Crippen LogP contribution in [0.15, 0.2) is 66.1 Å². The first kappa shape index (κ1) is 14.7. The molecule has 22 heavy (non-hydrogen) atoms. The molecule has 3 rings (SSSR count). The summed E-state index contributed by atoms with van der Waals surface area (Å²) in [5.41, 5.74) is 1.92. The fourth-order valence-corrected chi connectivity index (χ4v) is 3.04. The smallest absolute Gasteiger partial charge is 0.172 e. The largest absolute Gasteiger partial charge is 0.497 e. The molecule has 5 heteroatoms. The first-order valence-electron chi connectivity index (χ1n) is 6.81. The molecule has 0 fully saturated rings. The molecule has 0 aliphatic rings. The van der Waals surface area contributed by atoms with Crippen LogP contribution >= 0.6 is 11.8 Å². The molecular weight excluding hydrogens is 299 g/mol. The number of nitrogens with zero attached hydrogens (tertiary/aromatic N) is 2. The Morgan fingerprint density at radius 2 is 2.05 bits per heavy atom. The van der Waals surface area contributed by atoms with Crippen molar-refractivity contribution in [3.63, 3.8) is 0 Å². The van der Waals surface area contributed by atoms with E-state index in [0.29, 0.717) is 5.75 Å². The second kappa shape index (κ2) is 6.66. The number of aromatic nitrogens is 2. The lowest BCUT2D eigenvalue weighted by Crippen LogP contribution is -1.96. The molecule has 0 spiro atoms. The van der Waals surface area contributed by atoms with Crippen molar-refractivity contribution in [1.29, 1.82) is 0 Å². The molecule has 112 valence electrons. The highest BCUT2D eigenvalue weighted by atomic mass is 32.2. The minimum absolute atomic E-state index is 0.214. The van der Waals surface area contributed by atoms with Crippen molar-refractivity contribution in [2.24, 2.45) is 0 Å². The maximum Gasteiger partial charge on any atom is 0.172 e. The zero-order chi connectivity index (χ0) is 15.4. The minimum Gasteiger partial charge on any atom is -0.497 e. The van der Waals surface area contributed by atoms with E-state index in [-0.39, 0.29) is 5.82 Å². The molecule has 1 heterocycles. The molecule has 0 radical (unpaired) electrons. The topological polar surface area (TPSA) is 27.1 Å². The molecule has 0 aliphatic heterocycles. The zero-order valence-corrected chi connectivity index (χ0v) is 12.9. The fourth-order valence-electron chi connectivity index (χ4n) is 2.13. The van der Waals surface area contributed by atoms with Crippen LogP contribution in [-0.4, -0.2) is 16.7 Å². The van der Waals surface area contributed by atoms with E-state index in [9.17, 15) is 4.39 Å². The molecule has 3 nitrogen and oxygen atoms in total. The summed E-state index contributed by atoms with van der Waals surface area (Å²) in [5.74, 6) is 1.25. The number of rotatable bonds is 5. The van der Waals surface area contributed by atoms with Crippen molar-refractivity contribution in [3.8, 4) is 11.4 Å². The van der Waals surface area contributed by atoms with Gasteiger partial charge in [-0.25, -0.2) is 9.37 Å². The maximum atomic E-state index is 13.2. The number of halogens is 1. The van der Waals surface area contributed by atoms with E-state index in [1.807, 2.05) is 41.1 Å². The Kier molecular flexibility index (Phi) is 4.44. The van der Waals surface area contributed by atoms with Gasteiger partial charge in [-0.15, -0.1) is 0 Å². The number of benzene rings is 2.